The number of ether oxygens (including phenoxy) is 1. The van der Waals surface area contributed by atoms with Gasteiger partial charge in [0.2, 0.25) is 0 Å². The molecule has 0 atom stereocenters. The first-order chi connectivity index (χ1) is 15.6. The van der Waals surface area contributed by atoms with Crippen LogP contribution >= 0.6 is 0 Å². The molecule has 2 heterocycles. The summed E-state index contributed by atoms with van der Waals surface area (Å²) in [7, 11) is 0. The van der Waals surface area contributed by atoms with Gasteiger partial charge in [0, 0.05) is 36.1 Å². The van der Waals surface area contributed by atoms with Gasteiger partial charge in [0.25, 0.3) is 0 Å². The monoisotopic (exact) mass is 471 g/mol. The van der Waals surface area contributed by atoms with Crippen LogP contribution in [0.3, 0.4) is 0 Å². The maximum atomic E-state index is 12.1. The minimum atomic E-state index is -0.293. The van der Waals surface area contributed by atoms with Gasteiger partial charge in [-0.25, -0.2) is 4.79 Å². The number of benzene rings is 2. The molecule has 1 aromatic heterocycles. The third-order valence-corrected chi connectivity index (χ3v) is 4.62. The maximum absolute atomic E-state index is 12.1. The van der Waals surface area contributed by atoms with Crippen LogP contribution in [0.4, 0.5) is 22.0 Å². The summed E-state index contributed by atoms with van der Waals surface area (Å²) in [5.74, 6) is 1.50. The van der Waals surface area contributed by atoms with E-state index in [9.17, 15) is 4.79 Å². The zero-order valence-electron chi connectivity index (χ0n) is 18.5. The van der Waals surface area contributed by atoms with Crippen LogP contribution in [-0.2, 0) is 14.3 Å². The number of aryl methyl sites for hydroxylation is 1. The van der Waals surface area contributed by atoms with Crippen LogP contribution in [0.1, 0.15) is 5.56 Å². The molecule has 3 aromatic rings. The van der Waals surface area contributed by atoms with Crippen molar-refractivity contribution in [2.75, 3.05) is 41.8 Å². The Morgan fingerprint density at radius 1 is 1.00 bits per heavy atom. The van der Waals surface area contributed by atoms with Gasteiger partial charge in [-0.1, -0.05) is 43.5 Å². The molecule has 10 heteroatoms. The summed E-state index contributed by atoms with van der Waals surface area (Å²) in [4.78, 5) is 39.7. The number of urea groups is 1. The van der Waals surface area contributed by atoms with E-state index in [4.69, 9.17) is 19.3 Å². The van der Waals surface area contributed by atoms with E-state index in [1.54, 1.807) is 0 Å². The van der Waals surface area contributed by atoms with Crippen molar-refractivity contribution < 1.29 is 70.5 Å². The largest absolute Gasteiger partial charge is 1.00 e. The Hall–Kier alpha value is -2.43. The number of hydrogen-bond donors (Lipinski definition) is 2. The van der Waals surface area contributed by atoms with Crippen LogP contribution in [0.15, 0.2) is 54.6 Å². The number of nitrogens with one attached hydrogen (secondary N) is 2. The second kappa shape index (κ2) is 14.0. The fourth-order valence-corrected chi connectivity index (χ4v) is 3.13. The van der Waals surface area contributed by atoms with Gasteiger partial charge in [-0.2, -0.15) is 9.59 Å². The van der Waals surface area contributed by atoms with E-state index in [1.165, 1.54) is 0 Å². The first-order valence-electron chi connectivity index (χ1n) is 9.92. The van der Waals surface area contributed by atoms with E-state index in [0.29, 0.717) is 24.7 Å². The number of morpholine rings is 1. The fourth-order valence-electron chi connectivity index (χ4n) is 3.13. The van der Waals surface area contributed by atoms with E-state index < -0.39 is 0 Å². The Kier molecular flexibility index (Phi) is 11.3. The van der Waals surface area contributed by atoms with E-state index >= 15 is 0 Å². The van der Waals surface area contributed by atoms with Crippen LogP contribution in [0, 0.1) is 13.1 Å². The average molecular weight is 472 g/mol. The molecule has 1 fully saturated rings. The molecule has 0 aliphatic carbocycles. The third-order valence-electron chi connectivity index (χ3n) is 4.62. The molecule has 0 radical (unpaired) electrons. The van der Waals surface area contributed by atoms with Gasteiger partial charge in [0.05, 0.1) is 13.2 Å². The summed E-state index contributed by atoms with van der Waals surface area (Å²) in [5, 5.41) is 5.61. The second-order valence-corrected chi connectivity index (χ2v) is 6.81. The SMILES string of the molecule is Cc1[c-]nc(-c2ccc(NC(=O)Nc3ccccc3)cc2)nc1N1CCOCC1.O=C=O.[K+]. The van der Waals surface area contributed by atoms with Crippen molar-refractivity contribution in [3.63, 3.8) is 0 Å². The summed E-state index contributed by atoms with van der Waals surface area (Å²) in [6, 6.07) is 16.5. The molecule has 0 spiro atoms. The summed E-state index contributed by atoms with van der Waals surface area (Å²) < 4.78 is 5.42. The van der Waals surface area contributed by atoms with E-state index in [0.717, 1.165) is 35.7 Å². The number of hydrogen-bond acceptors (Lipinski definition) is 7. The molecular weight excluding hydrogens is 449 g/mol. The molecule has 33 heavy (non-hydrogen) atoms. The minimum Gasteiger partial charge on any atom is -0.404 e. The molecule has 1 aliphatic rings. The Bertz CT molecular complexity index is 1070. The number of rotatable bonds is 4. The standard InChI is InChI=1S/C22H22N5O2.CO2.K/c1-16-15-23-20(26-21(16)27-11-13-29-14-12-27)17-7-9-19(10-8-17)25-22(28)24-18-5-3-2-4-6-18;2-1-3;/h2-10H,11-14H2,1H3,(H2,24,25,28);;/q-1;;+1. The van der Waals surface area contributed by atoms with Crippen LogP contribution < -0.4 is 66.9 Å². The van der Waals surface area contributed by atoms with Gasteiger partial charge in [-0.15, -0.1) is 5.56 Å². The Morgan fingerprint density at radius 2 is 1.58 bits per heavy atom. The number of carbonyl (C=O) groups is 1. The molecule has 4 rings (SSSR count). The molecule has 2 amide bonds. The van der Waals surface area contributed by atoms with Crippen molar-refractivity contribution in [1.82, 2.24) is 9.97 Å². The number of carbonyl (C=O) groups excluding carboxylic acids is 3. The van der Waals surface area contributed by atoms with E-state index in [2.05, 4.69) is 26.7 Å². The first-order valence-corrected chi connectivity index (χ1v) is 9.92. The van der Waals surface area contributed by atoms with E-state index in [1.807, 2.05) is 61.5 Å². The normalized spacial score (nSPS) is 12.3. The van der Waals surface area contributed by atoms with Crippen LogP contribution in [0.2, 0.25) is 0 Å². The molecular formula is C23H22KN5O4. The minimum absolute atomic E-state index is 0. The van der Waals surface area contributed by atoms with Gasteiger partial charge < -0.3 is 30.2 Å². The zero-order chi connectivity index (χ0) is 22.8. The van der Waals surface area contributed by atoms with Crippen molar-refractivity contribution in [1.29, 1.82) is 0 Å². The molecule has 164 valence electrons. The van der Waals surface area contributed by atoms with Gasteiger partial charge in [0.15, 0.2) is 0 Å². The fraction of sp³-hybridized carbons (Fsp3) is 0.217. The predicted octanol–water partition coefficient (Wildman–Crippen LogP) is 0.153. The van der Waals surface area contributed by atoms with Gasteiger partial charge in [0.1, 0.15) is 0 Å². The van der Waals surface area contributed by atoms with Gasteiger partial charge >= 0.3 is 63.6 Å². The molecule has 0 saturated carbocycles. The van der Waals surface area contributed by atoms with Crippen LogP contribution in [0.5, 0.6) is 0 Å². The van der Waals surface area contributed by atoms with E-state index in [-0.39, 0.29) is 63.6 Å². The number of anilines is 3. The Labute approximate surface area is 234 Å². The van der Waals surface area contributed by atoms with Crippen molar-refractivity contribution in [3.8, 4) is 11.4 Å². The molecule has 0 bridgehead atoms. The summed E-state index contributed by atoms with van der Waals surface area (Å²) in [5.41, 5.74) is 3.21. The van der Waals surface area contributed by atoms with Crippen molar-refractivity contribution >= 4 is 29.4 Å². The topological polar surface area (TPSA) is 114 Å². The van der Waals surface area contributed by atoms with Crippen LogP contribution in [0.25, 0.3) is 11.4 Å². The summed E-state index contributed by atoms with van der Waals surface area (Å²) >= 11 is 0. The third kappa shape index (κ3) is 8.13. The molecule has 2 aromatic carbocycles. The molecule has 1 aliphatic heterocycles. The average Bonchev–Trinajstić information content (AvgIpc) is 2.82. The van der Waals surface area contributed by atoms with Crippen LogP contribution in [-0.4, -0.2) is 48.5 Å². The first kappa shape index (κ1) is 26.8. The predicted molar refractivity (Wildman–Crippen MR) is 118 cm³/mol. The maximum Gasteiger partial charge on any atom is 1.00 e. The smallest absolute Gasteiger partial charge is 0.404 e. The quantitative estimate of drug-likeness (QED) is 0.411. The Balaban J connectivity index is 0.000000914. The van der Waals surface area contributed by atoms with Crippen molar-refractivity contribution in [2.24, 2.45) is 0 Å². The second-order valence-electron chi connectivity index (χ2n) is 6.81. The van der Waals surface area contributed by atoms with Gasteiger partial charge in [-0.3, -0.25) is 0 Å². The number of para-hydroxylation sites is 1. The summed E-state index contributed by atoms with van der Waals surface area (Å²) in [6.45, 7) is 4.98. The Morgan fingerprint density at radius 3 is 2.18 bits per heavy atom. The van der Waals surface area contributed by atoms with Crippen molar-refractivity contribution in [2.45, 2.75) is 6.92 Å². The molecule has 9 nitrogen and oxygen atoms in total. The number of nitrogens with zero attached hydrogens (tertiary/aromatic N) is 3. The molecule has 0 unspecified atom stereocenters. The number of aromatic nitrogens is 2. The zero-order valence-corrected chi connectivity index (χ0v) is 21.6. The molecule has 2 N–H and O–H groups in total. The van der Waals surface area contributed by atoms with Crippen molar-refractivity contribution in [3.05, 3.63) is 66.4 Å². The summed E-state index contributed by atoms with van der Waals surface area (Å²) in [6.07, 6.45) is 3.31. The molecule has 1 saturated heterocycles. The van der Waals surface area contributed by atoms with Gasteiger partial charge in [-0.05, 0) is 29.8 Å². The number of amides is 2.